The first-order chi connectivity index (χ1) is 13.2. The maximum Gasteiger partial charge on any atom is 0.243 e. The summed E-state index contributed by atoms with van der Waals surface area (Å²) in [7, 11) is 0. The number of nitrogens with zero attached hydrogens (tertiary/aromatic N) is 1. The highest BCUT2D eigenvalue weighted by Gasteiger charge is 2.17. The standard InChI is InChI=1S/C21H31N3O2S/c25-20(14-17-5-2-1-3-6-17)22-15-21(26)23-19-8-4-7-18(13-19)16-24-9-11-27-12-10-24/h4,7-8,13,17H,1-3,5-6,9-12,14-16H2,(H,22,25)(H,23,26). The first kappa shape index (κ1) is 20.2. The minimum absolute atomic E-state index is 0.00577. The SMILES string of the molecule is O=C(CC1CCCCC1)NCC(=O)Nc1cccc(CN2CCSCC2)c1. The fourth-order valence-corrected chi connectivity index (χ4v) is 4.85. The highest BCUT2D eigenvalue weighted by atomic mass is 32.2. The molecular formula is C21H31N3O2S. The van der Waals surface area contributed by atoms with Crippen LogP contribution >= 0.6 is 11.8 Å². The highest BCUT2D eigenvalue weighted by Crippen LogP contribution is 2.26. The number of carbonyl (C=O) groups is 2. The van der Waals surface area contributed by atoms with Crippen molar-refractivity contribution in [2.24, 2.45) is 5.92 Å². The van der Waals surface area contributed by atoms with Crippen molar-refractivity contribution in [3.8, 4) is 0 Å². The molecule has 27 heavy (non-hydrogen) atoms. The number of hydrogen-bond donors (Lipinski definition) is 2. The van der Waals surface area contributed by atoms with Gasteiger partial charge in [0.05, 0.1) is 6.54 Å². The van der Waals surface area contributed by atoms with Crippen molar-refractivity contribution in [3.63, 3.8) is 0 Å². The molecule has 148 valence electrons. The zero-order valence-electron chi connectivity index (χ0n) is 16.0. The smallest absolute Gasteiger partial charge is 0.243 e. The van der Waals surface area contributed by atoms with Gasteiger partial charge >= 0.3 is 0 Å². The lowest BCUT2D eigenvalue weighted by molar-refractivity contribution is -0.125. The maximum atomic E-state index is 12.2. The van der Waals surface area contributed by atoms with Gasteiger partial charge in [0.2, 0.25) is 11.8 Å². The quantitative estimate of drug-likeness (QED) is 0.751. The minimum atomic E-state index is -0.168. The van der Waals surface area contributed by atoms with Crippen LogP contribution in [0.5, 0.6) is 0 Å². The Morgan fingerprint density at radius 3 is 2.63 bits per heavy atom. The summed E-state index contributed by atoms with van der Waals surface area (Å²) >= 11 is 2.01. The van der Waals surface area contributed by atoms with E-state index in [2.05, 4.69) is 21.6 Å². The molecule has 1 saturated heterocycles. The van der Waals surface area contributed by atoms with E-state index in [4.69, 9.17) is 0 Å². The number of carbonyl (C=O) groups excluding carboxylic acids is 2. The number of rotatable bonds is 7. The lowest BCUT2D eigenvalue weighted by Gasteiger charge is -2.26. The fourth-order valence-electron chi connectivity index (χ4n) is 3.87. The van der Waals surface area contributed by atoms with Crippen molar-refractivity contribution in [1.82, 2.24) is 10.2 Å². The Kier molecular flexibility index (Phi) is 8.02. The largest absolute Gasteiger partial charge is 0.347 e. The van der Waals surface area contributed by atoms with Crippen molar-refractivity contribution < 1.29 is 9.59 Å². The molecule has 0 bridgehead atoms. The van der Waals surface area contributed by atoms with Crippen LogP contribution in [0.15, 0.2) is 24.3 Å². The molecular weight excluding hydrogens is 358 g/mol. The Bertz CT molecular complexity index is 626. The summed E-state index contributed by atoms with van der Waals surface area (Å²) in [6.45, 7) is 3.20. The van der Waals surface area contributed by atoms with Crippen LogP contribution in [0.1, 0.15) is 44.1 Å². The third kappa shape index (κ3) is 7.18. The van der Waals surface area contributed by atoms with E-state index >= 15 is 0 Å². The van der Waals surface area contributed by atoms with Crippen molar-refractivity contribution in [2.45, 2.75) is 45.1 Å². The van der Waals surface area contributed by atoms with Gasteiger partial charge in [-0.1, -0.05) is 31.4 Å². The fraction of sp³-hybridized carbons (Fsp3) is 0.619. The number of benzene rings is 1. The van der Waals surface area contributed by atoms with Gasteiger partial charge in [0, 0.05) is 43.2 Å². The summed E-state index contributed by atoms with van der Waals surface area (Å²) in [4.78, 5) is 26.7. The monoisotopic (exact) mass is 389 g/mol. The van der Waals surface area contributed by atoms with Gasteiger partial charge in [0.1, 0.15) is 0 Å². The average molecular weight is 390 g/mol. The molecule has 0 spiro atoms. The summed E-state index contributed by atoms with van der Waals surface area (Å²) in [5.41, 5.74) is 2.01. The summed E-state index contributed by atoms with van der Waals surface area (Å²) in [5, 5.41) is 5.67. The minimum Gasteiger partial charge on any atom is -0.347 e. The van der Waals surface area contributed by atoms with E-state index in [1.54, 1.807) is 0 Å². The predicted molar refractivity (Wildman–Crippen MR) is 112 cm³/mol. The van der Waals surface area contributed by atoms with Gasteiger partial charge in [-0.05, 0) is 36.5 Å². The number of hydrogen-bond acceptors (Lipinski definition) is 4. The van der Waals surface area contributed by atoms with Gasteiger partial charge < -0.3 is 10.6 Å². The van der Waals surface area contributed by atoms with Gasteiger partial charge in [-0.2, -0.15) is 11.8 Å². The molecule has 0 atom stereocenters. The number of amides is 2. The zero-order valence-corrected chi connectivity index (χ0v) is 16.9. The molecule has 3 rings (SSSR count). The summed E-state index contributed by atoms with van der Waals surface area (Å²) in [6.07, 6.45) is 6.58. The molecule has 2 N–H and O–H groups in total. The Hall–Kier alpha value is -1.53. The van der Waals surface area contributed by atoms with Crippen LogP contribution in [0.2, 0.25) is 0 Å². The molecule has 5 nitrogen and oxygen atoms in total. The van der Waals surface area contributed by atoms with Crippen LogP contribution in [-0.4, -0.2) is 47.9 Å². The van der Waals surface area contributed by atoms with E-state index in [0.717, 1.165) is 38.2 Å². The summed E-state index contributed by atoms with van der Waals surface area (Å²) < 4.78 is 0. The van der Waals surface area contributed by atoms with Gasteiger partial charge in [-0.3, -0.25) is 14.5 Å². The van der Waals surface area contributed by atoms with E-state index in [-0.39, 0.29) is 18.4 Å². The molecule has 2 aliphatic rings. The van der Waals surface area contributed by atoms with Crippen LogP contribution in [0.4, 0.5) is 5.69 Å². The molecule has 0 aromatic heterocycles. The molecule has 2 fully saturated rings. The van der Waals surface area contributed by atoms with Crippen molar-refractivity contribution >= 4 is 29.3 Å². The van der Waals surface area contributed by atoms with Crippen LogP contribution in [0.25, 0.3) is 0 Å². The number of nitrogens with one attached hydrogen (secondary N) is 2. The molecule has 1 aromatic carbocycles. The lowest BCUT2D eigenvalue weighted by atomic mass is 9.87. The molecule has 2 amide bonds. The maximum absolute atomic E-state index is 12.2. The van der Waals surface area contributed by atoms with Gasteiger partial charge in [-0.15, -0.1) is 0 Å². The molecule has 1 aromatic rings. The second-order valence-electron chi connectivity index (χ2n) is 7.62. The summed E-state index contributed by atoms with van der Waals surface area (Å²) in [5.74, 6) is 2.70. The van der Waals surface area contributed by atoms with Crippen LogP contribution in [0, 0.1) is 5.92 Å². The molecule has 6 heteroatoms. The van der Waals surface area contributed by atoms with Crippen LogP contribution < -0.4 is 10.6 Å². The van der Waals surface area contributed by atoms with Gasteiger partial charge in [0.25, 0.3) is 0 Å². The Labute approximate surface area is 166 Å². The van der Waals surface area contributed by atoms with E-state index in [1.807, 2.05) is 30.0 Å². The molecule has 1 aliphatic carbocycles. The molecule has 0 unspecified atom stereocenters. The van der Waals surface area contributed by atoms with E-state index < -0.39 is 0 Å². The Balaban J connectivity index is 1.40. The predicted octanol–water partition coefficient (Wildman–Crippen LogP) is 3.26. The van der Waals surface area contributed by atoms with E-state index in [1.165, 1.54) is 36.3 Å². The molecule has 1 aliphatic heterocycles. The average Bonchev–Trinajstić information content (AvgIpc) is 2.68. The van der Waals surface area contributed by atoms with Gasteiger partial charge in [0.15, 0.2) is 0 Å². The molecule has 1 saturated carbocycles. The third-order valence-electron chi connectivity index (χ3n) is 5.37. The van der Waals surface area contributed by atoms with Crippen LogP contribution in [-0.2, 0) is 16.1 Å². The van der Waals surface area contributed by atoms with E-state index in [9.17, 15) is 9.59 Å². The lowest BCUT2D eigenvalue weighted by Crippen LogP contribution is -2.34. The second-order valence-corrected chi connectivity index (χ2v) is 8.85. The number of anilines is 1. The topological polar surface area (TPSA) is 61.4 Å². The van der Waals surface area contributed by atoms with Crippen LogP contribution in [0.3, 0.4) is 0 Å². The number of thioether (sulfide) groups is 1. The first-order valence-corrected chi connectivity index (χ1v) is 11.3. The molecule has 0 radical (unpaired) electrons. The normalized spacial score (nSPS) is 18.8. The second kappa shape index (κ2) is 10.7. The third-order valence-corrected chi connectivity index (χ3v) is 6.31. The first-order valence-electron chi connectivity index (χ1n) is 10.1. The Morgan fingerprint density at radius 1 is 1.07 bits per heavy atom. The van der Waals surface area contributed by atoms with Gasteiger partial charge in [-0.25, -0.2) is 0 Å². The van der Waals surface area contributed by atoms with Crippen molar-refractivity contribution in [2.75, 3.05) is 36.5 Å². The Morgan fingerprint density at radius 2 is 1.85 bits per heavy atom. The zero-order chi connectivity index (χ0) is 18.9. The van der Waals surface area contributed by atoms with E-state index in [0.29, 0.717) is 12.3 Å². The summed E-state index contributed by atoms with van der Waals surface area (Å²) in [6, 6.07) is 8.01. The highest BCUT2D eigenvalue weighted by molar-refractivity contribution is 7.99. The van der Waals surface area contributed by atoms with Crippen molar-refractivity contribution in [1.29, 1.82) is 0 Å². The van der Waals surface area contributed by atoms with Crippen molar-refractivity contribution in [3.05, 3.63) is 29.8 Å². The molecule has 1 heterocycles.